The van der Waals surface area contributed by atoms with Gasteiger partial charge < -0.3 is 10.8 Å². The van der Waals surface area contributed by atoms with E-state index in [1.165, 1.54) is 3.97 Å². The number of rotatable bonds is 5. The Morgan fingerprint density at radius 1 is 1.04 bits per heavy atom. The van der Waals surface area contributed by atoms with Gasteiger partial charge in [0.05, 0.1) is 17.0 Å². The van der Waals surface area contributed by atoms with Crippen molar-refractivity contribution in [3.63, 3.8) is 0 Å². The number of halogens is 1. The highest BCUT2D eigenvalue weighted by atomic mass is 35.5. The molecule has 3 rings (SSSR count). The SMILES string of the molecule is Cl.NC(CO)Cc1cc2ccccc2n1S(=O)(=O)c1ccccc1. The van der Waals surface area contributed by atoms with Crippen LogP contribution in [0.3, 0.4) is 0 Å². The highest BCUT2D eigenvalue weighted by Gasteiger charge is 2.23. The number of hydrogen-bond acceptors (Lipinski definition) is 4. The molecule has 0 aliphatic carbocycles. The summed E-state index contributed by atoms with van der Waals surface area (Å²) in [5, 5.41) is 10.0. The van der Waals surface area contributed by atoms with Crippen LogP contribution in [-0.2, 0) is 16.4 Å². The second-order valence-corrected chi connectivity index (χ2v) is 7.21. The zero-order valence-corrected chi connectivity index (χ0v) is 14.5. The van der Waals surface area contributed by atoms with Crippen LogP contribution in [0.25, 0.3) is 10.9 Å². The Kier molecular flexibility index (Phi) is 5.66. The third kappa shape index (κ3) is 3.32. The first kappa shape index (κ1) is 18.5. The van der Waals surface area contributed by atoms with Crippen molar-refractivity contribution in [3.05, 3.63) is 66.4 Å². The molecule has 2 aromatic carbocycles. The molecule has 1 heterocycles. The van der Waals surface area contributed by atoms with Crippen LogP contribution in [0.1, 0.15) is 5.69 Å². The number of fused-ring (bicyclic) bond motifs is 1. The minimum absolute atomic E-state index is 0. The molecule has 0 saturated heterocycles. The highest BCUT2D eigenvalue weighted by molar-refractivity contribution is 7.90. The Labute approximate surface area is 147 Å². The summed E-state index contributed by atoms with van der Waals surface area (Å²) in [6, 6.07) is 16.9. The standard InChI is InChI=1S/C17H18N2O3S.ClH/c18-14(12-20)11-15-10-13-6-4-5-9-17(13)19(15)23(21,22)16-7-2-1-3-8-16;/h1-10,14,20H,11-12,18H2;1H. The van der Waals surface area contributed by atoms with Crippen LogP contribution in [0.5, 0.6) is 0 Å². The minimum atomic E-state index is -3.73. The van der Waals surface area contributed by atoms with Crippen LogP contribution in [0.15, 0.2) is 65.6 Å². The van der Waals surface area contributed by atoms with Crippen LogP contribution in [-0.4, -0.2) is 30.1 Å². The van der Waals surface area contributed by atoms with Crippen molar-refractivity contribution in [2.75, 3.05) is 6.61 Å². The second kappa shape index (κ2) is 7.36. The molecule has 0 radical (unpaired) electrons. The molecule has 3 aromatic rings. The van der Waals surface area contributed by atoms with Crippen molar-refractivity contribution >= 4 is 33.3 Å². The van der Waals surface area contributed by atoms with Crippen molar-refractivity contribution in [1.82, 2.24) is 3.97 Å². The zero-order chi connectivity index (χ0) is 16.4. The van der Waals surface area contributed by atoms with E-state index in [4.69, 9.17) is 5.73 Å². The van der Waals surface area contributed by atoms with Gasteiger partial charge in [-0.2, -0.15) is 0 Å². The second-order valence-electron chi connectivity index (χ2n) is 5.42. The topological polar surface area (TPSA) is 85.3 Å². The average Bonchev–Trinajstić information content (AvgIpc) is 2.94. The van der Waals surface area contributed by atoms with E-state index in [0.29, 0.717) is 11.2 Å². The smallest absolute Gasteiger partial charge is 0.268 e. The molecule has 128 valence electrons. The number of aliphatic hydroxyl groups excluding tert-OH is 1. The summed E-state index contributed by atoms with van der Waals surface area (Å²) in [6.45, 7) is -0.201. The Morgan fingerprint density at radius 3 is 2.33 bits per heavy atom. The van der Waals surface area contributed by atoms with Crippen molar-refractivity contribution in [3.8, 4) is 0 Å². The number of aromatic nitrogens is 1. The number of aliphatic hydroxyl groups is 1. The maximum atomic E-state index is 13.1. The average molecular weight is 367 g/mol. The Hall–Kier alpha value is -1.86. The first-order chi connectivity index (χ1) is 11.0. The molecule has 0 saturated carbocycles. The predicted octanol–water partition coefficient (Wildman–Crippen LogP) is 2.16. The van der Waals surface area contributed by atoms with Gasteiger partial charge in [0.15, 0.2) is 0 Å². The lowest BCUT2D eigenvalue weighted by molar-refractivity contribution is 0.264. The summed E-state index contributed by atoms with van der Waals surface area (Å²) in [5.41, 5.74) is 6.99. The number of nitrogens with two attached hydrogens (primary N) is 1. The number of para-hydroxylation sites is 1. The Bertz CT molecular complexity index is 923. The van der Waals surface area contributed by atoms with Gasteiger partial charge in [-0.05, 0) is 24.3 Å². The van der Waals surface area contributed by atoms with Crippen LogP contribution < -0.4 is 5.73 Å². The molecular weight excluding hydrogens is 348 g/mol. The summed E-state index contributed by atoms with van der Waals surface area (Å²) in [6.07, 6.45) is 0.275. The third-order valence-corrected chi connectivity index (χ3v) is 5.51. The maximum absolute atomic E-state index is 13.1. The van der Waals surface area contributed by atoms with Crippen molar-refractivity contribution in [1.29, 1.82) is 0 Å². The fourth-order valence-electron chi connectivity index (χ4n) is 2.64. The predicted molar refractivity (Wildman–Crippen MR) is 97.0 cm³/mol. The quantitative estimate of drug-likeness (QED) is 0.724. The van der Waals surface area contributed by atoms with Crippen molar-refractivity contribution < 1.29 is 13.5 Å². The van der Waals surface area contributed by atoms with Gasteiger partial charge in [0.2, 0.25) is 0 Å². The lowest BCUT2D eigenvalue weighted by Gasteiger charge is -2.14. The lowest BCUT2D eigenvalue weighted by atomic mass is 10.2. The Morgan fingerprint density at radius 2 is 1.67 bits per heavy atom. The molecule has 1 aromatic heterocycles. The van der Waals surface area contributed by atoms with Gasteiger partial charge in [-0.15, -0.1) is 12.4 Å². The van der Waals surface area contributed by atoms with E-state index < -0.39 is 16.1 Å². The van der Waals surface area contributed by atoms with Crippen molar-refractivity contribution in [2.24, 2.45) is 5.73 Å². The fourth-order valence-corrected chi connectivity index (χ4v) is 4.22. The molecule has 3 N–H and O–H groups in total. The minimum Gasteiger partial charge on any atom is -0.395 e. The van der Waals surface area contributed by atoms with Gasteiger partial charge in [-0.25, -0.2) is 12.4 Å². The Balaban J connectivity index is 0.00000208. The molecule has 1 unspecified atom stereocenters. The molecule has 24 heavy (non-hydrogen) atoms. The molecule has 7 heteroatoms. The van der Waals surface area contributed by atoms with E-state index in [9.17, 15) is 13.5 Å². The van der Waals surface area contributed by atoms with Gasteiger partial charge in [0.1, 0.15) is 0 Å². The number of hydrogen-bond donors (Lipinski definition) is 2. The van der Waals surface area contributed by atoms with E-state index in [1.807, 2.05) is 18.2 Å². The van der Waals surface area contributed by atoms with E-state index in [0.717, 1.165) is 5.39 Å². The summed E-state index contributed by atoms with van der Waals surface area (Å²) in [5.74, 6) is 0. The van der Waals surface area contributed by atoms with E-state index in [2.05, 4.69) is 0 Å². The molecule has 0 fully saturated rings. The van der Waals surface area contributed by atoms with E-state index >= 15 is 0 Å². The van der Waals surface area contributed by atoms with Gasteiger partial charge in [-0.1, -0.05) is 36.4 Å². The maximum Gasteiger partial charge on any atom is 0.268 e. The van der Waals surface area contributed by atoms with Crippen LogP contribution in [0, 0.1) is 0 Å². The number of nitrogens with zero attached hydrogens (tertiary/aromatic N) is 1. The molecule has 0 bridgehead atoms. The molecule has 0 aliphatic rings. The number of benzene rings is 2. The van der Waals surface area contributed by atoms with Crippen LogP contribution in [0.4, 0.5) is 0 Å². The van der Waals surface area contributed by atoms with Gasteiger partial charge in [-0.3, -0.25) is 0 Å². The van der Waals surface area contributed by atoms with Crippen molar-refractivity contribution in [2.45, 2.75) is 17.4 Å². The first-order valence-electron chi connectivity index (χ1n) is 7.30. The van der Waals surface area contributed by atoms with Gasteiger partial charge in [0, 0.05) is 23.5 Å². The molecule has 5 nitrogen and oxygen atoms in total. The van der Waals surface area contributed by atoms with E-state index in [1.54, 1.807) is 42.5 Å². The molecule has 0 spiro atoms. The van der Waals surface area contributed by atoms with E-state index in [-0.39, 0.29) is 30.3 Å². The molecule has 0 amide bonds. The summed E-state index contributed by atoms with van der Waals surface area (Å²) < 4.78 is 27.4. The lowest BCUT2D eigenvalue weighted by Crippen LogP contribution is -2.29. The molecular formula is C17H19ClN2O3S. The zero-order valence-electron chi connectivity index (χ0n) is 12.9. The summed E-state index contributed by atoms with van der Waals surface area (Å²) >= 11 is 0. The third-order valence-electron chi connectivity index (χ3n) is 3.73. The van der Waals surface area contributed by atoms with Crippen LogP contribution >= 0.6 is 12.4 Å². The van der Waals surface area contributed by atoms with Gasteiger partial charge in [0.25, 0.3) is 10.0 Å². The highest BCUT2D eigenvalue weighted by Crippen LogP contribution is 2.26. The summed E-state index contributed by atoms with van der Waals surface area (Å²) in [7, 11) is -3.73. The molecule has 1 atom stereocenters. The fraction of sp³-hybridized carbons (Fsp3) is 0.176. The largest absolute Gasteiger partial charge is 0.395 e. The monoisotopic (exact) mass is 366 g/mol. The normalized spacial score (nSPS) is 12.8. The first-order valence-corrected chi connectivity index (χ1v) is 8.74. The van der Waals surface area contributed by atoms with Gasteiger partial charge >= 0.3 is 0 Å². The summed E-state index contributed by atoms with van der Waals surface area (Å²) in [4.78, 5) is 0.222. The van der Waals surface area contributed by atoms with Crippen LogP contribution in [0.2, 0.25) is 0 Å². The molecule has 0 aliphatic heterocycles.